The van der Waals surface area contributed by atoms with Crippen LogP contribution in [0.3, 0.4) is 0 Å². The number of hydrogen-bond donors (Lipinski definition) is 2. The maximum absolute atomic E-state index is 13.3. The van der Waals surface area contributed by atoms with Crippen molar-refractivity contribution in [1.29, 1.82) is 0 Å². The normalized spacial score (nSPS) is 49.4. The molecule has 13 unspecified atom stereocenters. The van der Waals surface area contributed by atoms with Gasteiger partial charge in [0.1, 0.15) is 11.8 Å². The van der Waals surface area contributed by atoms with E-state index in [2.05, 4.69) is 12.4 Å². The van der Waals surface area contributed by atoms with Crippen molar-refractivity contribution >= 4 is 17.4 Å². The molecule has 2 N–H and O–H groups in total. The third-order valence-corrected chi connectivity index (χ3v) is 12.3. The minimum absolute atomic E-state index is 0.0698. The Kier molecular flexibility index (Phi) is 8.81. The van der Waals surface area contributed by atoms with Gasteiger partial charge in [0, 0.05) is 23.8 Å². The Labute approximate surface area is 234 Å². The maximum Gasteiger partial charge on any atom is 0.139 e. The average molecular weight is 548 g/mol. The molecule has 0 radical (unpaired) electrons. The number of nitrogens with one attached hydrogen (secondary N) is 1. The van der Waals surface area contributed by atoms with Crippen molar-refractivity contribution in [1.82, 2.24) is 5.48 Å². The van der Waals surface area contributed by atoms with Crippen LogP contribution < -0.4 is 5.48 Å². The van der Waals surface area contributed by atoms with Crippen molar-refractivity contribution in [2.24, 2.45) is 57.6 Å². The van der Waals surface area contributed by atoms with E-state index in [4.69, 9.17) is 26.7 Å². The van der Waals surface area contributed by atoms with Crippen LogP contribution in [0.15, 0.2) is 10.2 Å². The standard InChI is InChI=1S/C31H50ClN3O3/c1-18-10-12-23-24-13-11-21(16-26(24)31(37)25(23)14-18)33-34-29-22-7-3-2-6-19(22)15-20(30(29)36)17-38-35-28-9-5-4-8-27(28)32/h18-30,35-36H,2-17H2,1H3. The number of azo groups is 1. The van der Waals surface area contributed by atoms with Gasteiger partial charge in [-0.15, -0.1) is 11.6 Å². The molecule has 13 atom stereocenters. The monoisotopic (exact) mass is 547 g/mol. The number of alkyl halides is 1. The number of nitrogens with zero attached hydrogens (tertiary/aromatic N) is 2. The lowest BCUT2D eigenvalue weighted by Crippen LogP contribution is -2.50. The molecule has 7 heteroatoms. The molecule has 0 saturated heterocycles. The zero-order chi connectivity index (χ0) is 26.2. The first-order valence-electron chi connectivity index (χ1n) is 16.1. The number of fused-ring (bicyclic) bond motifs is 4. The number of aliphatic hydroxyl groups is 1. The zero-order valence-corrected chi connectivity index (χ0v) is 24.1. The Balaban J connectivity index is 1.08. The number of hydroxylamine groups is 1. The second kappa shape index (κ2) is 12.1. The molecule has 0 bridgehead atoms. The van der Waals surface area contributed by atoms with E-state index in [1.807, 2.05) is 0 Å². The third-order valence-electron chi connectivity index (χ3n) is 11.7. The van der Waals surface area contributed by atoms with Gasteiger partial charge in [0.25, 0.3) is 0 Å². The van der Waals surface area contributed by atoms with Crippen LogP contribution in [0, 0.1) is 47.3 Å². The SMILES string of the molecule is CC1CCC2C(C1)C(=O)C1CC(N=NC3C(O)C(CONC4CCCCC4Cl)CC4CCCCC43)CCC12. The molecule has 0 amide bonds. The van der Waals surface area contributed by atoms with Gasteiger partial charge in [-0.3, -0.25) is 4.79 Å². The fraction of sp³-hybridized carbons (Fsp3) is 0.968. The van der Waals surface area contributed by atoms with Gasteiger partial charge in [-0.2, -0.15) is 15.7 Å². The van der Waals surface area contributed by atoms with Crippen LogP contribution in [-0.2, 0) is 9.63 Å². The first kappa shape index (κ1) is 27.6. The summed E-state index contributed by atoms with van der Waals surface area (Å²) < 4.78 is 0. The van der Waals surface area contributed by atoms with Gasteiger partial charge >= 0.3 is 0 Å². The van der Waals surface area contributed by atoms with E-state index in [9.17, 15) is 9.90 Å². The Morgan fingerprint density at radius 1 is 0.868 bits per heavy atom. The fourth-order valence-electron chi connectivity index (χ4n) is 9.65. The number of aliphatic hydroxyl groups excluding tert-OH is 1. The van der Waals surface area contributed by atoms with Gasteiger partial charge in [0.15, 0.2) is 0 Å². The van der Waals surface area contributed by atoms with Crippen LogP contribution in [-0.4, -0.2) is 47.1 Å². The molecule has 6 rings (SSSR count). The first-order valence-corrected chi connectivity index (χ1v) is 16.6. The summed E-state index contributed by atoms with van der Waals surface area (Å²) in [6, 6.07) is 0.195. The highest BCUT2D eigenvalue weighted by atomic mass is 35.5. The van der Waals surface area contributed by atoms with Gasteiger partial charge in [0.2, 0.25) is 0 Å². The van der Waals surface area contributed by atoms with Crippen LogP contribution >= 0.6 is 11.6 Å². The number of carbonyl (C=O) groups excluding carboxylic acids is 1. The van der Waals surface area contributed by atoms with Crippen LogP contribution in [0.1, 0.15) is 103 Å². The van der Waals surface area contributed by atoms with Crippen molar-refractivity contribution < 1.29 is 14.7 Å². The summed E-state index contributed by atoms with van der Waals surface area (Å²) >= 11 is 6.51. The van der Waals surface area contributed by atoms with Crippen molar-refractivity contribution in [3.8, 4) is 0 Å². The predicted molar refractivity (Wildman–Crippen MR) is 149 cm³/mol. The highest BCUT2D eigenvalue weighted by Crippen LogP contribution is 2.53. The summed E-state index contributed by atoms with van der Waals surface area (Å²) in [7, 11) is 0. The number of Topliss-reactive ketones (excluding diaryl/α,β-unsaturated/α-hetero) is 1. The lowest BCUT2D eigenvalue weighted by Gasteiger charge is -2.45. The number of ketones is 1. The predicted octanol–water partition coefficient (Wildman–Crippen LogP) is 6.49. The number of rotatable bonds is 6. The van der Waals surface area contributed by atoms with Crippen LogP contribution in [0.5, 0.6) is 0 Å². The van der Waals surface area contributed by atoms with Crippen molar-refractivity contribution in [3.63, 3.8) is 0 Å². The summed E-state index contributed by atoms with van der Waals surface area (Å²) in [6.45, 7) is 2.81. The van der Waals surface area contributed by atoms with Gasteiger partial charge in [-0.1, -0.05) is 45.4 Å². The van der Waals surface area contributed by atoms with Crippen LogP contribution in [0.4, 0.5) is 0 Å². The molecule has 6 fully saturated rings. The molecule has 38 heavy (non-hydrogen) atoms. The first-order chi connectivity index (χ1) is 18.5. The smallest absolute Gasteiger partial charge is 0.139 e. The van der Waals surface area contributed by atoms with Gasteiger partial charge in [-0.05, 0) is 87.4 Å². The summed E-state index contributed by atoms with van der Waals surface area (Å²) in [5, 5.41) is 21.5. The largest absolute Gasteiger partial charge is 0.390 e. The Morgan fingerprint density at radius 2 is 1.61 bits per heavy atom. The quantitative estimate of drug-likeness (QED) is 0.226. The number of carbonyl (C=O) groups is 1. The minimum Gasteiger partial charge on any atom is -0.390 e. The van der Waals surface area contributed by atoms with Crippen molar-refractivity contribution in [2.45, 2.75) is 133 Å². The lowest BCUT2D eigenvalue weighted by atomic mass is 9.64. The second-order valence-corrected chi connectivity index (χ2v) is 14.6. The Bertz CT molecular complexity index is 856. The van der Waals surface area contributed by atoms with Gasteiger partial charge < -0.3 is 9.94 Å². The Morgan fingerprint density at radius 3 is 2.45 bits per heavy atom. The summed E-state index contributed by atoms with van der Waals surface area (Å²) in [4.78, 5) is 19.3. The minimum atomic E-state index is -0.521. The Hall–Kier alpha value is -0.560. The molecule has 0 aromatic carbocycles. The van der Waals surface area contributed by atoms with Crippen molar-refractivity contribution in [3.05, 3.63) is 0 Å². The van der Waals surface area contributed by atoms with E-state index >= 15 is 0 Å². The third kappa shape index (κ3) is 5.63. The average Bonchev–Trinajstić information content (AvgIpc) is 3.20. The number of hydrogen-bond acceptors (Lipinski definition) is 6. The number of halogens is 1. The second-order valence-electron chi connectivity index (χ2n) is 14.1. The molecule has 0 aliphatic heterocycles. The zero-order valence-electron chi connectivity index (χ0n) is 23.4. The topological polar surface area (TPSA) is 83.3 Å². The highest BCUT2D eigenvalue weighted by molar-refractivity contribution is 6.21. The highest BCUT2D eigenvalue weighted by Gasteiger charge is 2.53. The molecular formula is C31H50ClN3O3. The molecule has 0 spiro atoms. The summed E-state index contributed by atoms with van der Waals surface area (Å²) in [6.07, 6.45) is 16.5. The molecule has 0 aromatic rings. The van der Waals surface area contributed by atoms with E-state index in [1.54, 1.807) is 0 Å². The summed E-state index contributed by atoms with van der Waals surface area (Å²) in [5.74, 6) is 4.04. The molecular weight excluding hydrogens is 498 g/mol. The maximum atomic E-state index is 13.3. The molecule has 0 heterocycles. The molecule has 6 aliphatic carbocycles. The van der Waals surface area contributed by atoms with Gasteiger partial charge in [0.05, 0.1) is 24.1 Å². The molecule has 214 valence electrons. The fourth-order valence-corrected chi connectivity index (χ4v) is 9.98. The van der Waals surface area contributed by atoms with E-state index in [0.717, 1.165) is 51.4 Å². The van der Waals surface area contributed by atoms with E-state index in [0.29, 0.717) is 47.9 Å². The van der Waals surface area contributed by atoms with Crippen molar-refractivity contribution in [2.75, 3.05) is 6.61 Å². The van der Waals surface area contributed by atoms with Crippen LogP contribution in [0.2, 0.25) is 0 Å². The molecule has 6 aliphatic rings. The molecule has 6 nitrogen and oxygen atoms in total. The molecule has 6 saturated carbocycles. The van der Waals surface area contributed by atoms with Gasteiger partial charge in [-0.25, -0.2) is 0 Å². The lowest BCUT2D eigenvalue weighted by molar-refractivity contribution is -0.126. The molecule has 0 aromatic heterocycles. The summed E-state index contributed by atoms with van der Waals surface area (Å²) in [5.41, 5.74) is 3.23. The van der Waals surface area contributed by atoms with Crippen LogP contribution in [0.25, 0.3) is 0 Å². The van der Waals surface area contributed by atoms with E-state index in [-0.39, 0.29) is 35.3 Å². The van der Waals surface area contributed by atoms with E-state index in [1.165, 1.54) is 44.9 Å². The van der Waals surface area contributed by atoms with E-state index < -0.39 is 6.10 Å².